The molecule has 174 valence electrons. The molecule has 4 rings (SSSR count). The molecule has 1 aliphatic rings. The lowest BCUT2D eigenvalue weighted by molar-refractivity contribution is -0.125. The second kappa shape index (κ2) is 10.1. The number of hydrogen-bond donors (Lipinski definition) is 2. The summed E-state index contributed by atoms with van der Waals surface area (Å²) >= 11 is 1.27. The highest BCUT2D eigenvalue weighted by Gasteiger charge is 2.28. The fourth-order valence-corrected chi connectivity index (χ4v) is 4.86. The van der Waals surface area contributed by atoms with Gasteiger partial charge in [-0.25, -0.2) is 4.98 Å². The first-order chi connectivity index (χ1) is 15.9. The average Bonchev–Trinajstić information content (AvgIpc) is 3.25. The molecule has 10 heteroatoms. The van der Waals surface area contributed by atoms with Crippen LogP contribution in [-0.2, 0) is 22.7 Å². The Morgan fingerprint density at radius 1 is 1.24 bits per heavy atom. The monoisotopic (exact) mass is 468 g/mol. The molecule has 9 nitrogen and oxygen atoms in total. The third kappa shape index (κ3) is 5.57. The van der Waals surface area contributed by atoms with Crippen LogP contribution in [0.3, 0.4) is 0 Å². The van der Waals surface area contributed by atoms with Crippen LogP contribution in [0.1, 0.15) is 32.3 Å². The maximum absolute atomic E-state index is 13.0. The summed E-state index contributed by atoms with van der Waals surface area (Å²) in [5.41, 5.74) is 1.07. The van der Waals surface area contributed by atoms with E-state index in [-0.39, 0.29) is 35.9 Å². The highest BCUT2D eigenvalue weighted by atomic mass is 32.1. The highest BCUT2D eigenvalue weighted by molar-refractivity contribution is 7.22. The Balaban J connectivity index is 1.45. The summed E-state index contributed by atoms with van der Waals surface area (Å²) in [5, 5.41) is 6.49. The number of nitrogens with zero attached hydrogens (tertiary/aromatic N) is 4. The van der Waals surface area contributed by atoms with Crippen molar-refractivity contribution in [1.29, 1.82) is 0 Å². The van der Waals surface area contributed by atoms with E-state index in [0.717, 1.165) is 24.9 Å². The van der Waals surface area contributed by atoms with Crippen LogP contribution in [0.25, 0.3) is 10.3 Å². The summed E-state index contributed by atoms with van der Waals surface area (Å²) in [6, 6.07) is 9.69. The number of piperidine rings is 1. The van der Waals surface area contributed by atoms with Gasteiger partial charge in [0.15, 0.2) is 10.8 Å². The van der Waals surface area contributed by atoms with Gasteiger partial charge in [-0.2, -0.15) is 4.98 Å². The summed E-state index contributed by atoms with van der Waals surface area (Å²) in [4.78, 5) is 48.6. The van der Waals surface area contributed by atoms with Gasteiger partial charge in [-0.1, -0.05) is 41.7 Å². The number of fused-ring (bicyclic) bond motifs is 1. The number of anilines is 1. The Bertz CT molecular complexity index is 1190. The number of aromatic nitrogens is 3. The number of rotatable bonds is 7. The predicted octanol–water partition coefficient (Wildman–Crippen LogP) is 1.91. The van der Waals surface area contributed by atoms with E-state index < -0.39 is 0 Å². The largest absolute Gasteiger partial charge is 0.354 e. The third-order valence-electron chi connectivity index (χ3n) is 5.51. The van der Waals surface area contributed by atoms with Gasteiger partial charge < -0.3 is 15.5 Å². The molecule has 2 amide bonds. The maximum Gasteiger partial charge on any atom is 0.273 e. The van der Waals surface area contributed by atoms with E-state index in [1.165, 1.54) is 22.2 Å². The Hall–Kier alpha value is -3.27. The number of nitrogens with one attached hydrogen (secondary N) is 2. The van der Waals surface area contributed by atoms with Crippen LogP contribution in [0.4, 0.5) is 5.13 Å². The number of thiazole rings is 1. The molecular formula is C23H28N6O3S. The van der Waals surface area contributed by atoms with Gasteiger partial charge in [-0.15, -0.1) is 0 Å². The van der Waals surface area contributed by atoms with Gasteiger partial charge in [0, 0.05) is 25.7 Å². The summed E-state index contributed by atoms with van der Waals surface area (Å²) in [6.45, 7) is 5.53. The Kier molecular flexibility index (Phi) is 7.02. The van der Waals surface area contributed by atoms with Gasteiger partial charge in [-0.3, -0.25) is 19.0 Å². The molecule has 3 aromatic rings. The zero-order chi connectivity index (χ0) is 23.4. The van der Waals surface area contributed by atoms with Crippen molar-refractivity contribution in [3.05, 3.63) is 52.6 Å². The Morgan fingerprint density at radius 3 is 2.79 bits per heavy atom. The zero-order valence-corrected chi connectivity index (χ0v) is 19.6. The van der Waals surface area contributed by atoms with Crippen molar-refractivity contribution < 1.29 is 9.59 Å². The van der Waals surface area contributed by atoms with Crippen LogP contribution in [0.15, 0.2) is 41.5 Å². The average molecular weight is 469 g/mol. The van der Waals surface area contributed by atoms with Crippen molar-refractivity contribution in [3.63, 3.8) is 0 Å². The summed E-state index contributed by atoms with van der Waals surface area (Å²) < 4.78 is 1.72. The molecule has 2 N–H and O–H groups in total. The smallest absolute Gasteiger partial charge is 0.273 e. The van der Waals surface area contributed by atoms with Gasteiger partial charge in [0.25, 0.3) is 5.56 Å². The minimum absolute atomic E-state index is 0.0535. The van der Waals surface area contributed by atoms with Crippen molar-refractivity contribution in [2.24, 2.45) is 5.92 Å². The van der Waals surface area contributed by atoms with Crippen LogP contribution in [0.5, 0.6) is 0 Å². The molecule has 0 bridgehead atoms. The van der Waals surface area contributed by atoms with E-state index >= 15 is 0 Å². The minimum Gasteiger partial charge on any atom is -0.354 e. The van der Waals surface area contributed by atoms with Gasteiger partial charge in [-0.05, 0) is 32.3 Å². The molecule has 0 aliphatic carbocycles. The SMILES string of the molecule is CC(C)NC(=O)C1CCCN(c2nc3ncn(CC(=O)NCc4ccccc4)c(=O)c3s2)C1. The molecule has 1 aliphatic heterocycles. The second-order valence-corrected chi connectivity index (χ2v) is 9.52. The van der Waals surface area contributed by atoms with Gasteiger partial charge in [0.1, 0.15) is 17.6 Å². The van der Waals surface area contributed by atoms with E-state index in [9.17, 15) is 14.4 Å². The highest BCUT2D eigenvalue weighted by Crippen LogP contribution is 2.29. The van der Waals surface area contributed by atoms with Crippen molar-refractivity contribution in [1.82, 2.24) is 25.2 Å². The van der Waals surface area contributed by atoms with Crippen LogP contribution < -0.4 is 21.1 Å². The number of carbonyl (C=O) groups excluding carboxylic acids is 2. The van der Waals surface area contributed by atoms with Crippen molar-refractivity contribution in [3.8, 4) is 0 Å². The molecule has 1 fully saturated rings. The summed E-state index contributed by atoms with van der Waals surface area (Å²) in [7, 11) is 0. The van der Waals surface area contributed by atoms with Gasteiger partial charge in [0.05, 0.1) is 5.92 Å². The molecule has 1 unspecified atom stereocenters. The van der Waals surface area contributed by atoms with E-state index in [1.54, 1.807) is 0 Å². The normalized spacial score (nSPS) is 16.2. The lowest BCUT2D eigenvalue weighted by atomic mass is 9.97. The van der Waals surface area contributed by atoms with Crippen molar-refractivity contribution in [2.75, 3.05) is 18.0 Å². The quantitative estimate of drug-likeness (QED) is 0.548. The van der Waals surface area contributed by atoms with E-state index in [1.807, 2.05) is 44.2 Å². The molecule has 1 aromatic carbocycles. The Morgan fingerprint density at radius 2 is 2.03 bits per heavy atom. The number of hydrogen-bond acceptors (Lipinski definition) is 7. The maximum atomic E-state index is 13.0. The standard InChI is InChI=1S/C23H28N6O3S/c1-15(2)26-21(31)17-9-6-10-28(12-17)23-27-20-19(33-23)22(32)29(14-25-20)13-18(30)24-11-16-7-4-3-5-8-16/h3-5,7-8,14-15,17H,6,9-13H2,1-2H3,(H,24,30)(H,26,31). The second-order valence-electron chi connectivity index (χ2n) is 8.54. The fourth-order valence-electron chi connectivity index (χ4n) is 3.86. The molecule has 0 saturated carbocycles. The van der Waals surface area contributed by atoms with Crippen LogP contribution >= 0.6 is 11.3 Å². The Labute approximate surface area is 195 Å². The van der Waals surface area contributed by atoms with Crippen LogP contribution in [-0.4, -0.2) is 45.5 Å². The van der Waals surface area contributed by atoms with Crippen molar-refractivity contribution >= 4 is 38.6 Å². The number of carbonyl (C=O) groups is 2. The number of amides is 2. The molecule has 0 spiro atoms. The third-order valence-corrected chi connectivity index (χ3v) is 6.61. The minimum atomic E-state index is -0.287. The van der Waals surface area contributed by atoms with E-state index in [0.29, 0.717) is 28.6 Å². The first kappa shape index (κ1) is 22.9. The molecule has 3 heterocycles. The predicted molar refractivity (Wildman–Crippen MR) is 128 cm³/mol. The fraction of sp³-hybridized carbons (Fsp3) is 0.435. The molecule has 0 radical (unpaired) electrons. The molecule has 33 heavy (non-hydrogen) atoms. The van der Waals surface area contributed by atoms with Crippen LogP contribution in [0, 0.1) is 5.92 Å². The molecular weight excluding hydrogens is 440 g/mol. The van der Waals surface area contributed by atoms with Crippen LogP contribution in [0.2, 0.25) is 0 Å². The molecule has 2 aromatic heterocycles. The van der Waals surface area contributed by atoms with E-state index in [2.05, 4.69) is 25.5 Å². The first-order valence-electron chi connectivity index (χ1n) is 11.1. The molecule has 1 saturated heterocycles. The summed E-state index contributed by atoms with van der Waals surface area (Å²) in [6.07, 6.45) is 3.08. The topological polar surface area (TPSA) is 109 Å². The lowest BCUT2D eigenvalue weighted by Crippen LogP contribution is -2.44. The summed E-state index contributed by atoms with van der Waals surface area (Å²) in [5.74, 6) is -0.314. The van der Waals surface area contributed by atoms with Crippen molar-refractivity contribution in [2.45, 2.75) is 45.8 Å². The van der Waals surface area contributed by atoms with Gasteiger partial charge in [0.2, 0.25) is 11.8 Å². The number of benzene rings is 1. The lowest BCUT2D eigenvalue weighted by Gasteiger charge is -2.32. The zero-order valence-electron chi connectivity index (χ0n) is 18.8. The van der Waals surface area contributed by atoms with Gasteiger partial charge >= 0.3 is 0 Å². The molecule has 1 atom stereocenters. The van der Waals surface area contributed by atoms with E-state index in [4.69, 9.17) is 0 Å². The first-order valence-corrected chi connectivity index (χ1v) is 11.9.